The molecule has 0 fully saturated rings. The Morgan fingerprint density at radius 1 is 1.10 bits per heavy atom. The Morgan fingerprint density at radius 2 is 1.84 bits per heavy atom. The summed E-state index contributed by atoms with van der Waals surface area (Å²) in [7, 11) is 1.26. The predicted molar refractivity (Wildman–Crippen MR) is 115 cm³/mol. The Balaban J connectivity index is 1.61. The molecule has 0 aliphatic heterocycles. The van der Waals surface area contributed by atoms with Gasteiger partial charge in [0.2, 0.25) is 5.91 Å². The van der Waals surface area contributed by atoms with E-state index in [1.54, 1.807) is 30.5 Å². The Hall–Kier alpha value is -3.81. The van der Waals surface area contributed by atoms with Gasteiger partial charge in [-0.2, -0.15) is 0 Å². The first-order chi connectivity index (χ1) is 14.9. The third kappa shape index (κ3) is 5.63. The molecule has 3 aromatic rings. The number of methoxy groups -OCH3 is 1. The van der Waals surface area contributed by atoms with Crippen LogP contribution in [0.1, 0.15) is 33.1 Å². The number of anilines is 1. The summed E-state index contributed by atoms with van der Waals surface area (Å²) < 4.78 is 11.9. The highest BCUT2D eigenvalue weighted by molar-refractivity contribution is 6.05. The molecule has 3 rings (SSSR count). The first-order valence-corrected chi connectivity index (χ1v) is 9.80. The number of benzene rings is 1. The second-order valence-corrected chi connectivity index (χ2v) is 7.13. The molecule has 162 valence electrons. The average molecular weight is 423 g/mol. The van der Waals surface area contributed by atoms with Crippen molar-refractivity contribution in [2.75, 3.05) is 19.0 Å². The summed E-state index contributed by atoms with van der Waals surface area (Å²) in [5.41, 5.74) is 3.80. The number of carbonyl (C=O) groups is 3. The lowest BCUT2D eigenvalue weighted by Gasteiger charge is -2.09. The Kier molecular flexibility index (Phi) is 6.92. The van der Waals surface area contributed by atoms with Crippen LogP contribution in [0.2, 0.25) is 0 Å². The van der Waals surface area contributed by atoms with Crippen LogP contribution >= 0.6 is 0 Å². The van der Waals surface area contributed by atoms with E-state index in [1.165, 1.54) is 7.11 Å². The maximum absolute atomic E-state index is 12.8. The van der Waals surface area contributed by atoms with Crippen LogP contribution in [-0.4, -0.2) is 36.0 Å². The van der Waals surface area contributed by atoms with Crippen LogP contribution in [0.3, 0.4) is 0 Å². The van der Waals surface area contributed by atoms with Gasteiger partial charge in [0.15, 0.2) is 0 Å². The Bertz CT molecular complexity index is 1070. The third-order valence-corrected chi connectivity index (χ3v) is 4.95. The molecule has 31 heavy (non-hydrogen) atoms. The number of esters is 1. The molecule has 0 unspecified atom stereocenters. The van der Waals surface area contributed by atoms with Crippen molar-refractivity contribution in [2.45, 2.75) is 26.8 Å². The zero-order valence-electron chi connectivity index (χ0n) is 17.7. The number of rotatable bonds is 8. The molecule has 2 aromatic heterocycles. The lowest BCUT2D eigenvalue weighted by molar-refractivity contribution is -0.141. The second-order valence-electron chi connectivity index (χ2n) is 7.13. The quantitative estimate of drug-likeness (QED) is 0.543. The number of amides is 2. The van der Waals surface area contributed by atoms with Crippen molar-refractivity contribution < 1.29 is 23.5 Å². The van der Waals surface area contributed by atoms with Gasteiger partial charge in [-0.1, -0.05) is 12.1 Å². The topological polar surface area (TPSA) is 103 Å². The molecular formula is C23H25N3O5. The van der Waals surface area contributed by atoms with Crippen LogP contribution in [0.4, 0.5) is 5.69 Å². The van der Waals surface area contributed by atoms with Crippen molar-refractivity contribution in [1.29, 1.82) is 0 Å². The van der Waals surface area contributed by atoms with E-state index in [2.05, 4.69) is 15.4 Å². The minimum Gasteiger partial charge on any atom is -0.468 e. The molecule has 2 heterocycles. The number of ether oxygens (including phenoxy) is 1. The molecule has 0 aliphatic rings. The molecule has 2 amide bonds. The molecular weight excluding hydrogens is 398 g/mol. The van der Waals surface area contributed by atoms with Crippen molar-refractivity contribution in [2.24, 2.45) is 0 Å². The number of aromatic nitrogens is 1. The number of aryl methyl sites for hydroxylation is 1. The molecule has 0 bridgehead atoms. The number of furan rings is 1. The van der Waals surface area contributed by atoms with Crippen molar-refractivity contribution in [3.8, 4) is 0 Å². The zero-order chi connectivity index (χ0) is 22.4. The second kappa shape index (κ2) is 9.80. The average Bonchev–Trinajstić information content (AvgIpc) is 3.37. The van der Waals surface area contributed by atoms with Crippen LogP contribution in [0, 0.1) is 13.8 Å². The van der Waals surface area contributed by atoms with Crippen molar-refractivity contribution in [1.82, 2.24) is 9.88 Å². The van der Waals surface area contributed by atoms with Crippen LogP contribution in [-0.2, 0) is 27.3 Å². The molecule has 0 radical (unpaired) electrons. The fraction of sp³-hybridized carbons (Fsp3) is 0.261. The third-order valence-electron chi connectivity index (χ3n) is 4.95. The molecule has 2 N–H and O–H groups in total. The minimum absolute atomic E-state index is 0.124. The van der Waals surface area contributed by atoms with Gasteiger partial charge < -0.3 is 24.4 Å². The summed E-state index contributed by atoms with van der Waals surface area (Å²) in [6.45, 7) is 4.25. The Labute approximate surface area is 180 Å². The molecule has 0 aliphatic carbocycles. The highest BCUT2D eigenvalue weighted by atomic mass is 16.5. The molecule has 0 spiro atoms. The van der Waals surface area contributed by atoms with Gasteiger partial charge in [-0.15, -0.1) is 0 Å². The van der Waals surface area contributed by atoms with Crippen LogP contribution < -0.4 is 10.6 Å². The fourth-order valence-corrected chi connectivity index (χ4v) is 3.23. The van der Waals surface area contributed by atoms with Gasteiger partial charge in [0.25, 0.3) is 5.91 Å². The van der Waals surface area contributed by atoms with Crippen LogP contribution in [0.5, 0.6) is 0 Å². The van der Waals surface area contributed by atoms with Gasteiger partial charge in [0.1, 0.15) is 12.3 Å². The largest absolute Gasteiger partial charge is 0.468 e. The van der Waals surface area contributed by atoms with E-state index in [0.29, 0.717) is 17.8 Å². The monoisotopic (exact) mass is 423 g/mol. The standard InChI is InChI=1S/C23H25N3O5/c1-15-11-20(16(2)26(15)14-19-5-4-10-31-19)23(29)25-18-8-6-17(7-9-18)12-21(27)24-13-22(28)30-3/h4-11H,12-14H2,1-3H3,(H,24,27)(H,25,29). The van der Waals surface area contributed by atoms with Crippen molar-refractivity contribution >= 4 is 23.5 Å². The van der Waals surface area contributed by atoms with E-state index in [-0.39, 0.29) is 24.8 Å². The maximum Gasteiger partial charge on any atom is 0.325 e. The fourth-order valence-electron chi connectivity index (χ4n) is 3.23. The summed E-state index contributed by atoms with van der Waals surface area (Å²) >= 11 is 0. The lowest BCUT2D eigenvalue weighted by atomic mass is 10.1. The van der Waals surface area contributed by atoms with Gasteiger partial charge in [-0.3, -0.25) is 14.4 Å². The van der Waals surface area contributed by atoms with Crippen molar-refractivity contribution in [3.63, 3.8) is 0 Å². The van der Waals surface area contributed by atoms with Crippen molar-refractivity contribution in [3.05, 3.63) is 77.0 Å². The number of hydrogen-bond acceptors (Lipinski definition) is 5. The van der Waals surface area contributed by atoms with E-state index in [0.717, 1.165) is 22.7 Å². The van der Waals surface area contributed by atoms with E-state index in [1.807, 2.05) is 36.6 Å². The lowest BCUT2D eigenvalue weighted by Crippen LogP contribution is -2.31. The van der Waals surface area contributed by atoms with Gasteiger partial charge in [-0.25, -0.2) is 0 Å². The van der Waals surface area contributed by atoms with E-state index in [9.17, 15) is 14.4 Å². The van der Waals surface area contributed by atoms with Gasteiger partial charge in [0.05, 0.1) is 31.9 Å². The SMILES string of the molecule is COC(=O)CNC(=O)Cc1ccc(NC(=O)c2cc(C)n(Cc3ccco3)c2C)cc1. The first-order valence-electron chi connectivity index (χ1n) is 9.80. The van der Waals surface area contributed by atoms with Crippen LogP contribution in [0.15, 0.2) is 53.1 Å². The van der Waals surface area contributed by atoms with Gasteiger partial charge in [-0.05, 0) is 49.7 Å². The highest BCUT2D eigenvalue weighted by Crippen LogP contribution is 2.19. The number of nitrogens with zero attached hydrogens (tertiary/aromatic N) is 1. The molecule has 0 atom stereocenters. The summed E-state index contributed by atoms with van der Waals surface area (Å²) in [5, 5.41) is 5.38. The summed E-state index contributed by atoms with van der Waals surface area (Å²) in [4.78, 5) is 35.7. The van der Waals surface area contributed by atoms with E-state index >= 15 is 0 Å². The summed E-state index contributed by atoms with van der Waals surface area (Å²) in [6.07, 6.45) is 1.75. The first kappa shape index (κ1) is 21.9. The van der Waals surface area contributed by atoms with Crippen LogP contribution in [0.25, 0.3) is 0 Å². The normalized spacial score (nSPS) is 10.5. The molecule has 0 saturated carbocycles. The van der Waals surface area contributed by atoms with E-state index in [4.69, 9.17) is 4.42 Å². The highest BCUT2D eigenvalue weighted by Gasteiger charge is 2.17. The molecule has 8 heteroatoms. The maximum atomic E-state index is 12.8. The predicted octanol–water partition coefficient (Wildman–Crippen LogP) is 2.83. The zero-order valence-corrected chi connectivity index (χ0v) is 17.7. The molecule has 1 aromatic carbocycles. The summed E-state index contributed by atoms with van der Waals surface area (Å²) in [5.74, 6) is -0.177. The number of carbonyl (C=O) groups excluding carboxylic acids is 3. The minimum atomic E-state index is -0.505. The molecule has 0 saturated heterocycles. The summed E-state index contributed by atoms with van der Waals surface area (Å²) in [6, 6.07) is 12.6. The number of hydrogen-bond donors (Lipinski definition) is 2. The number of nitrogens with one attached hydrogen (secondary N) is 2. The van der Waals surface area contributed by atoms with E-state index < -0.39 is 5.97 Å². The Morgan fingerprint density at radius 3 is 2.48 bits per heavy atom. The smallest absolute Gasteiger partial charge is 0.325 e. The van der Waals surface area contributed by atoms with Gasteiger partial charge >= 0.3 is 5.97 Å². The molecule has 8 nitrogen and oxygen atoms in total. The van der Waals surface area contributed by atoms with Gasteiger partial charge in [0, 0.05) is 17.1 Å².